The zero-order valence-electron chi connectivity index (χ0n) is 9.46. The molecule has 0 aliphatic carbocycles. The van der Waals surface area contributed by atoms with E-state index < -0.39 is 0 Å². The van der Waals surface area contributed by atoms with E-state index in [1.165, 1.54) is 0 Å². The molecule has 0 N–H and O–H groups in total. The fourth-order valence-corrected chi connectivity index (χ4v) is 2.38. The Labute approximate surface area is 106 Å². The van der Waals surface area contributed by atoms with Gasteiger partial charge in [0, 0.05) is 17.1 Å². The molecule has 0 bridgehead atoms. The Hall–Kier alpha value is 0.140. The van der Waals surface area contributed by atoms with Gasteiger partial charge in [-0.2, -0.15) is 0 Å². The van der Waals surface area contributed by atoms with E-state index in [1.807, 2.05) is 27.7 Å². The maximum absolute atomic E-state index is 11.8. The van der Waals surface area contributed by atoms with Gasteiger partial charge >= 0.3 is 0 Å². The van der Waals surface area contributed by atoms with Gasteiger partial charge in [-0.3, -0.25) is 4.79 Å². The van der Waals surface area contributed by atoms with Crippen LogP contribution >= 0.6 is 35.0 Å². The first-order valence-electron chi connectivity index (χ1n) is 4.79. The van der Waals surface area contributed by atoms with Crippen LogP contribution in [0, 0.1) is 0 Å². The van der Waals surface area contributed by atoms with Crippen molar-refractivity contribution in [1.82, 2.24) is 4.90 Å². The zero-order chi connectivity index (χ0) is 12.0. The lowest BCUT2D eigenvalue weighted by Gasteiger charge is -2.29. The Bertz CT molecular complexity index is 234. The summed E-state index contributed by atoms with van der Waals surface area (Å²) in [5, 5.41) is 2.08. The number of carbonyl (C=O) groups is 1. The van der Waals surface area contributed by atoms with Crippen molar-refractivity contribution in [1.29, 1.82) is 0 Å². The Morgan fingerprint density at radius 2 is 1.80 bits per heavy atom. The van der Waals surface area contributed by atoms with Crippen LogP contribution in [0.25, 0.3) is 0 Å². The minimum atomic E-state index is 0.00302. The quantitative estimate of drug-likeness (QED) is 0.711. The van der Waals surface area contributed by atoms with Crippen molar-refractivity contribution >= 4 is 40.2 Å². The molecule has 0 rings (SSSR count). The monoisotopic (exact) mass is 269 g/mol. The van der Waals surface area contributed by atoms with Crippen molar-refractivity contribution in [3.05, 3.63) is 10.4 Å². The van der Waals surface area contributed by atoms with Gasteiger partial charge < -0.3 is 4.90 Å². The molecule has 0 aliphatic rings. The summed E-state index contributed by atoms with van der Waals surface area (Å²) in [5.74, 6) is 0.241. The Balaban J connectivity index is 4.40. The Morgan fingerprint density at radius 1 is 1.33 bits per heavy atom. The zero-order valence-corrected chi connectivity index (χ0v) is 11.8. The van der Waals surface area contributed by atoms with Crippen LogP contribution in [0.1, 0.15) is 27.7 Å². The number of amides is 1. The van der Waals surface area contributed by atoms with Crippen LogP contribution in [0.15, 0.2) is 10.4 Å². The van der Waals surface area contributed by atoms with Crippen LogP contribution in [0.4, 0.5) is 4.79 Å². The average Bonchev–Trinajstić information content (AvgIpc) is 2.12. The first-order valence-corrected chi connectivity index (χ1v) is 6.58. The largest absolute Gasteiger partial charge is 0.328 e. The number of hydrogen-bond donors (Lipinski definition) is 0. The minimum absolute atomic E-state index is 0.00302. The highest BCUT2D eigenvalue weighted by Crippen LogP contribution is 2.19. The molecule has 0 saturated heterocycles. The number of alkyl halides is 1. The number of thioether (sulfide) groups is 1. The van der Waals surface area contributed by atoms with E-state index in [0.717, 1.165) is 11.8 Å². The van der Waals surface area contributed by atoms with Crippen LogP contribution in [0.2, 0.25) is 0 Å². The summed E-state index contributed by atoms with van der Waals surface area (Å²) in [6, 6.07) is 0.376. The highest BCUT2D eigenvalue weighted by Gasteiger charge is 2.19. The smallest absolute Gasteiger partial charge is 0.286 e. The molecular formula is C10H17Cl2NOS. The van der Waals surface area contributed by atoms with Gasteiger partial charge in [-0.05, 0) is 44.9 Å². The molecule has 88 valence electrons. The third kappa shape index (κ3) is 5.69. The molecule has 0 saturated carbocycles. The van der Waals surface area contributed by atoms with Crippen molar-refractivity contribution in [3.8, 4) is 0 Å². The maximum Gasteiger partial charge on any atom is 0.286 e. The predicted octanol–water partition coefficient (Wildman–Crippen LogP) is 4.28. The van der Waals surface area contributed by atoms with Crippen LogP contribution in [0.3, 0.4) is 0 Å². The van der Waals surface area contributed by atoms with E-state index in [9.17, 15) is 4.79 Å². The summed E-state index contributed by atoms with van der Waals surface area (Å²) in [7, 11) is 0. The van der Waals surface area contributed by atoms with Gasteiger partial charge in [0.05, 0.1) is 5.88 Å². The molecule has 1 amide bonds. The second-order valence-corrected chi connectivity index (χ2v) is 5.25. The third-order valence-electron chi connectivity index (χ3n) is 1.74. The third-order valence-corrected chi connectivity index (χ3v) is 3.35. The molecule has 0 fully saturated rings. The molecular weight excluding hydrogens is 253 g/mol. The highest BCUT2D eigenvalue weighted by atomic mass is 35.5. The number of allylic oxidation sites excluding steroid dienone is 1. The standard InChI is InChI=1S/C10H17Cl2NOS/c1-7(2)13(8(3)4)10(14)15-6-9(12)5-11/h6-8H,5H2,1-4H3. The number of carbonyl (C=O) groups excluding carboxylic acids is 1. The number of nitrogens with zero attached hydrogens (tertiary/aromatic N) is 1. The van der Waals surface area contributed by atoms with Gasteiger partial charge in [-0.1, -0.05) is 11.6 Å². The first kappa shape index (κ1) is 15.1. The minimum Gasteiger partial charge on any atom is -0.328 e. The van der Waals surface area contributed by atoms with Gasteiger partial charge in [-0.15, -0.1) is 11.6 Å². The lowest BCUT2D eigenvalue weighted by molar-refractivity contribution is 0.190. The summed E-state index contributed by atoms with van der Waals surface area (Å²) in [6.07, 6.45) is 0. The molecule has 15 heavy (non-hydrogen) atoms. The number of halogens is 2. The molecule has 2 nitrogen and oxygen atoms in total. The maximum atomic E-state index is 11.8. The highest BCUT2D eigenvalue weighted by molar-refractivity contribution is 8.16. The molecule has 0 radical (unpaired) electrons. The van der Waals surface area contributed by atoms with Crippen molar-refractivity contribution in [2.45, 2.75) is 39.8 Å². The van der Waals surface area contributed by atoms with Gasteiger partial charge in [0.15, 0.2) is 0 Å². The van der Waals surface area contributed by atoms with E-state index in [0.29, 0.717) is 5.03 Å². The fourth-order valence-electron chi connectivity index (χ4n) is 1.22. The van der Waals surface area contributed by atoms with Gasteiger partial charge in [0.1, 0.15) is 0 Å². The number of rotatable bonds is 4. The predicted molar refractivity (Wildman–Crippen MR) is 69.8 cm³/mol. The SMILES string of the molecule is CC(C)N(C(=O)SC=C(Cl)CCl)C(C)C. The van der Waals surface area contributed by atoms with E-state index in [2.05, 4.69) is 0 Å². The van der Waals surface area contributed by atoms with Crippen LogP contribution in [0.5, 0.6) is 0 Å². The van der Waals surface area contributed by atoms with Crippen molar-refractivity contribution in [2.75, 3.05) is 5.88 Å². The van der Waals surface area contributed by atoms with E-state index >= 15 is 0 Å². The van der Waals surface area contributed by atoms with Crippen molar-refractivity contribution in [3.63, 3.8) is 0 Å². The van der Waals surface area contributed by atoms with Gasteiger partial charge in [-0.25, -0.2) is 0 Å². The topological polar surface area (TPSA) is 20.3 Å². The number of hydrogen-bond acceptors (Lipinski definition) is 2. The first-order chi connectivity index (χ1) is 6.90. The second-order valence-electron chi connectivity index (χ2n) is 3.68. The molecule has 0 aromatic heterocycles. The molecule has 0 spiro atoms. The summed E-state index contributed by atoms with van der Waals surface area (Å²) in [5.41, 5.74) is 0. The van der Waals surface area contributed by atoms with E-state index in [4.69, 9.17) is 23.2 Å². The molecule has 0 unspecified atom stereocenters. The van der Waals surface area contributed by atoms with Crippen molar-refractivity contribution < 1.29 is 4.79 Å². The Kier molecular flexibility index (Phi) is 7.49. The molecule has 5 heteroatoms. The summed E-state index contributed by atoms with van der Waals surface area (Å²) >= 11 is 12.3. The van der Waals surface area contributed by atoms with Gasteiger partial charge in [0.2, 0.25) is 0 Å². The summed E-state index contributed by atoms with van der Waals surface area (Å²) in [4.78, 5) is 13.6. The fraction of sp³-hybridized carbons (Fsp3) is 0.700. The summed E-state index contributed by atoms with van der Waals surface area (Å²) < 4.78 is 0. The molecule has 0 aromatic rings. The van der Waals surface area contributed by atoms with Crippen molar-refractivity contribution in [2.24, 2.45) is 0 Å². The normalized spacial score (nSPS) is 12.4. The summed E-state index contributed by atoms with van der Waals surface area (Å²) in [6.45, 7) is 7.97. The lowest BCUT2D eigenvalue weighted by atomic mass is 10.2. The molecule has 0 aromatic carbocycles. The van der Waals surface area contributed by atoms with Crippen LogP contribution in [-0.4, -0.2) is 28.1 Å². The second kappa shape index (κ2) is 7.42. The molecule has 0 atom stereocenters. The van der Waals surface area contributed by atoms with Crippen LogP contribution < -0.4 is 0 Å². The van der Waals surface area contributed by atoms with Crippen LogP contribution in [-0.2, 0) is 0 Å². The molecule has 0 heterocycles. The van der Waals surface area contributed by atoms with E-state index in [-0.39, 0.29) is 23.2 Å². The van der Waals surface area contributed by atoms with E-state index in [1.54, 1.807) is 10.3 Å². The average molecular weight is 270 g/mol. The van der Waals surface area contributed by atoms with Gasteiger partial charge in [0.25, 0.3) is 5.24 Å². The lowest BCUT2D eigenvalue weighted by Crippen LogP contribution is -2.39. The Morgan fingerprint density at radius 3 is 2.13 bits per heavy atom. The molecule has 0 aliphatic heterocycles.